The SMILES string of the molecule is CC(C)O.NS(=O)(=O)O. The summed E-state index contributed by atoms with van der Waals surface area (Å²) in [4.78, 5) is 0. The maximum Gasteiger partial charge on any atom is 0.330 e. The summed E-state index contributed by atoms with van der Waals surface area (Å²) in [6, 6.07) is 0. The summed E-state index contributed by atoms with van der Waals surface area (Å²) in [5.41, 5.74) is 0. The molecule has 0 fully saturated rings. The largest absolute Gasteiger partial charge is 0.394 e. The van der Waals surface area contributed by atoms with Crippen LogP contribution in [0.25, 0.3) is 0 Å². The average Bonchev–Trinajstić information content (AvgIpc) is 1.19. The molecule has 0 atom stereocenters. The third kappa shape index (κ3) is 9210. The first-order valence-corrected chi connectivity index (χ1v) is 3.67. The minimum absolute atomic E-state index is 0.167. The van der Waals surface area contributed by atoms with Gasteiger partial charge in [-0.3, -0.25) is 4.55 Å². The summed E-state index contributed by atoms with van der Waals surface area (Å²) < 4.78 is 25.2. The molecule has 0 aromatic carbocycles. The Labute approximate surface area is 54.4 Å². The maximum absolute atomic E-state index is 8.97. The number of hydrogen-bond donors (Lipinski definition) is 3. The fourth-order valence-corrected chi connectivity index (χ4v) is 0. The van der Waals surface area contributed by atoms with Gasteiger partial charge in [0.05, 0.1) is 0 Å². The van der Waals surface area contributed by atoms with Crippen LogP contribution in [0.1, 0.15) is 13.8 Å². The Balaban J connectivity index is 0. The minimum Gasteiger partial charge on any atom is -0.394 e. The van der Waals surface area contributed by atoms with Crippen LogP contribution in [0, 0.1) is 0 Å². The number of aliphatic hydroxyl groups is 1. The Morgan fingerprint density at radius 2 is 1.44 bits per heavy atom. The lowest BCUT2D eigenvalue weighted by atomic mass is 10.5. The van der Waals surface area contributed by atoms with E-state index in [1.165, 1.54) is 0 Å². The molecular formula is C3H11NO4S. The van der Waals surface area contributed by atoms with E-state index in [0.29, 0.717) is 0 Å². The highest BCUT2D eigenvalue weighted by atomic mass is 32.2. The van der Waals surface area contributed by atoms with Gasteiger partial charge in [-0.1, -0.05) is 0 Å². The summed E-state index contributed by atoms with van der Waals surface area (Å²) >= 11 is 0. The third-order valence-corrected chi connectivity index (χ3v) is 0. The van der Waals surface area contributed by atoms with Crippen molar-refractivity contribution in [3.05, 3.63) is 0 Å². The number of nitrogens with two attached hydrogens (primary N) is 1. The van der Waals surface area contributed by atoms with Gasteiger partial charge >= 0.3 is 10.3 Å². The highest BCUT2D eigenvalue weighted by Crippen LogP contribution is 1.65. The predicted octanol–water partition coefficient (Wildman–Crippen LogP) is -0.865. The molecule has 0 bridgehead atoms. The van der Waals surface area contributed by atoms with Crippen molar-refractivity contribution in [3.63, 3.8) is 0 Å². The molecule has 0 aliphatic heterocycles. The number of rotatable bonds is 0. The first kappa shape index (κ1) is 11.6. The average molecular weight is 157 g/mol. The Bertz CT molecular complexity index is 127. The summed E-state index contributed by atoms with van der Waals surface area (Å²) in [5.74, 6) is 0. The van der Waals surface area contributed by atoms with E-state index < -0.39 is 10.3 Å². The zero-order valence-electron chi connectivity index (χ0n) is 5.27. The van der Waals surface area contributed by atoms with Gasteiger partial charge < -0.3 is 5.11 Å². The van der Waals surface area contributed by atoms with E-state index in [1.54, 1.807) is 13.8 Å². The van der Waals surface area contributed by atoms with Crippen molar-refractivity contribution in [2.75, 3.05) is 0 Å². The van der Waals surface area contributed by atoms with Gasteiger partial charge in [0.1, 0.15) is 0 Å². The van der Waals surface area contributed by atoms with E-state index in [-0.39, 0.29) is 6.10 Å². The molecule has 58 valence electrons. The van der Waals surface area contributed by atoms with E-state index in [9.17, 15) is 0 Å². The molecule has 0 radical (unpaired) electrons. The van der Waals surface area contributed by atoms with E-state index in [0.717, 1.165) is 0 Å². The molecule has 4 N–H and O–H groups in total. The first-order valence-electron chi connectivity index (χ1n) is 2.16. The van der Waals surface area contributed by atoms with Crippen molar-refractivity contribution in [1.82, 2.24) is 0 Å². The molecule has 0 amide bonds. The topological polar surface area (TPSA) is 101 Å². The van der Waals surface area contributed by atoms with E-state index >= 15 is 0 Å². The van der Waals surface area contributed by atoms with Crippen molar-refractivity contribution in [1.29, 1.82) is 0 Å². The van der Waals surface area contributed by atoms with Gasteiger partial charge in [-0.05, 0) is 13.8 Å². The Kier molecular flexibility index (Phi) is 6.04. The molecule has 5 nitrogen and oxygen atoms in total. The molecule has 0 heterocycles. The van der Waals surface area contributed by atoms with Gasteiger partial charge in [-0.2, -0.15) is 8.42 Å². The van der Waals surface area contributed by atoms with Gasteiger partial charge in [0.15, 0.2) is 0 Å². The lowest BCUT2D eigenvalue weighted by Crippen LogP contribution is -2.08. The zero-order chi connectivity index (χ0) is 8.08. The summed E-state index contributed by atoms with van der Waals surface area (Å²) in [5, 5.41) is 11.9. The molecule has 6 heteroatoms. The molecule has 0 aliphatic carbocycles. The van der Waals surface area contributed by atoms with Gasteiger partial charge in [0.25, 0.3) is 0 Å². The molecule has 0 saturated carbocycles. The van der Waals surface area contributed by atoms with Crippen LogP contribution in [0.3, 0.4) is 0 Å². The van der Waals surface area contributed by atoms with Crippen LogP contribution in [0.15, 0.2) is 0 Å². The molecular weight excluding hydrogens is 146 g/mol. The van der Waals surface area contributed by atoms with Crippen molar-refractivity contribution in [3.8, 4) is 0 Å². The van der Waals surface area contributed by atoms with Crippen LogP contribution in [-0.4, -0.2) is 24.2 Å². The maximum atomic E-state index is 8.97. The van der Waals surface area contributed by atoms with E-state index in [2.05, 4.69) is 5.14 Å². The molecule has 0 aliphatic rings. The van der Waals surface area contributed by atoms with Crippen LogP contribution in [0.5, 0.6) is 0 Å². The Morgan fingerprint density at radius 1 is 1.44 bits per heavy atom. The third-order valence-electron chi connectivity index (χ3n) is 0. The second kappa shape index (κ2) is 4.68. The summed E-state index contributed by atoms with van der Waals surface area (Å²) in [6.45, 7) is 3.44. The highest BCUT2D eigenvalue weighted by Gasteiger charge is 1.81. The smallest absolute Gasteiger partial charge is 0.330 e. The summed E-state index contributed by atoms with van der Waals surface area (Å²) in [6.07, 6.45) is -0.167. The highest BCUT2D eigenvalue weighted by molar-refractivity contribution is 7.83. The molecule has 9 heavy (non-hydrogen) atoms. The van der Waals surface area contributed by atoms with Gasteiger partial charge in [0.2, 0.25) is 0 Å². The standard InChI is InChI=1S/C3H8O.H3NO3S/c1-3(2)4;1-5(2,3)4/h3-4H,1-2H3;(H3,1,2,3,4). The lowest BCUT2D eigenvalue weighted by Gasteiger charge is -1.80. The van der Waals surface area contributed by atoms with Crippen molar-refractivity contribution < 1.29 is 18.1 Å². The fourth-order valence-electron chi connectivity index (χ4n) is 0. The van der Waals surface area contributed by atoms with Gasteiger partial charge in [-0.25, -0.2) is 5.14 Å². The Hall–Kier alpha value is -0.170. The lowest BCUT2D eigenvalue weighted by molar-refractivity contribution is 0.216. The zero-order valence-corrected chi connectivity index (χ0v) is 6.09. The van der Waals surface area contributed by atoms with Crippen molar-refractivity contribution >= 4 is 10.3 Å². The van der Waals surface area contributed by atoms with Gasteiger partial charge in [-0.15, -0.1) is 0 Å². The molecule has 0 aromatic heterocycles. The Morgan fingerprint density at radius 3 is 1.44 bits per heavy atom. The van der Waals surface area contributed by atoms with E-state index in [4.69, 9.17) is 18.1 Å². The molecule has 0 aromatic rings. The minimum atomic E-state index is -4.17. The van der Waals surface area contributed by atoms with Crippen LogP contribution in [0.2, 0.25) is 0 Å². The van der Waals surface area contributed by atoms with Crippen LogP contribution in [0.4, 0.5) is 0 Å². The van der Waals surface area contributed by atoms with Gasteiger partial charge in [0, 0.05) is 6.10 Å². The second-order valence-corrected chi connectivity index (χ2v) is 2.64. The monoisotopic (exact) mass is 157 g/mol. The van der Waals surface area contributed by atoms with Crippen LogP contribution >= 0.6 is 0 Å². The second-order valence-electron chi connectivity index (χ2n) is 1.61. The molecule has 0 spiro atoms. The normalized spacial score (nSPS) is 10.4. The van der Waals surface area contributed by atoms with Crippen molar-refractivity contribution in [2.45, 2.75) is 20.0 Å². The molecule has 0 unspecified atom stereocenters. The number of aliphatic hydroxyl groups excluding tert-OH is 1. The predicted molar refractivity (Wildman–Crippen MR) is 33.1 cm³/mol. The van der Waals surface area contributed by atoms with Crippen molar-refractivity contribution in [2.24, 2.45) is 5.14 Å². The van der Waals surface area contributed by atoms with Crippen LogP contribution in [-0.2, 0) is 10.3 Å². The first-order chi connectivity index (χ1) is 3.73. The number of hydrogen-bond acceptors (Lipinski definition) is 3. The molecule has 0 rings (SSSR count). The van der Waals surface area contributed by atoms with E-state index in [1.807, 2.05) is 0 Å². The fraction of sp³-hybridized carbons (Fsp3) is 1.00. The summed E-state index contributed by atoms with van der Waals surface area (Å²) in [7, 11) is -4.17. The van der Waals surface area contributed by atoms with Crippen LogP contribution < -0.4 is 5.14 Å². The molecule has 0 saturated heterocycles. The quantitative estimate of drug-likeness (QED) is 0.398.